The number of benzene rings is 1. The number of carbonyl (C=O) groups is 2. The first kappa shape index (κ1) is 14.8. The third-order valence-electron chi connectivity index (χ3n) is 3.40. The van der Waals surface area contributed by atoms with E-state index < -0.39 is 5.91 Å². The maximum absolute atomic E-state index is 12.1. The molecule has 1 unspecified atom stereocenters. The molecule has 0 saturated carbocycles. The number of fused-ring (bicyclic) bond motifs is 1. The largest absolute Gasteiger partial charge is 0.482 e. The number of ether oxygens (including phenoxy) is 1. The summed E-state index contributed by atoms with van der Waals surface area (Å²) in [5.41, 5.74) is 1.11. The summed E-state index contributed by atoms with van der Waals surface area (Å²) in [5, 5.41) is 11.4. The number of aromatic amines is 1. The number of nitrogens with zero attached hydrogens (tertiary/aromatic N) is 1. The molecule has 1 aliphatic heterocycles. The van der Waals surface area contributed by atoms with Gasteiger partial charge in [-0.1, -0.05) is 6.07 Å². The number of hydrogen-bond acceptors (Lipinski definition) is 5. The second kappa shape index (κ2) is 5.91. The van der Waals surface area contributed by atoms with E-state index in [9.17, 15) is 14.4 Å². The maximum Gasteiger partial charge on any atom is 0.272 e. The fourth-order valence-electron chi connectivity index (χ4n) is 2.19. The summed E-state index contributed by atoms with van der Waals surface area (Å²) in [4.78, 5) is 34.4. The van der Waals surface area contributed by atoms with Crippen LogP contribution < -0.4 is 20.9 Å². The number of hydrogen-bond donors (Lipinski definition) is 3. The highest BCUT2D eigenvalue weighted by molar-refractivity contribution is 5.95. The summed E-state index contributed by atoms with van der Waals surface area (Å²) < 4.78 is 5.29. The zero-order chi connectivity index (χ0) is 16.4. The van der Waals surface area contributed by atoms with Gasteiger partial charge in [0.05, 0.1) is 11.7 Å². The molecular formula is C15H14N4O4. The summed E-state index contributed by atoms with van der Waals surface area (Å²) in [6, 6.07) is 7.56. The molecule has 0 saturated heterocycles. The minimum Gasteiger partial charge on any atom is -0.482 e. The van der Waals surface area contributed by atoms with Gasteiger partial charge in [-0.25, -0.2) is 5.10 Å². The van der Waals surface area contributed by atoms with Crippen molar-refractivity contribution < 1.29 is 14.3 Å². The average molecular weight is 314 g/mol. The molecule has 3 rings (SSSR count). The van der Waals surface area contributed by atoms with E-state index in [4.69, 9.17) is 4.74 Å². The fourth-order valence-corrected chi connectivity index (χ4v) is 2.19. The van der Waals surface area contributed by atoms with Crippen molar-refractivity contribution in [1.82, 2.24) is 15.5 Å². The van der Waals surface area contributed by atoms with Gasteiger partial charge in [-0.05, 0) is 30.7 Å². The van der Waals surface area contributed by atoms with Crippen LogP contribution in [0.25, 0.3) is 0 Å². The van der Waals surface area contributed by atoms with E-state index in [0.29, 0.717) is 11.4 Å². The lowest BCUT2D eigenvalue weighted by atomic mass is 10.1. The normalized spacial score (nSPS) is 14.2. The lowest BCUT2D eigenvalue weighted by Gasteiger charge is -2.20. The van der Waals surface area contributed by atoms with Crippen LogP contribution in [0.2, 0.25) is 0 Å². The Balaban J connectivity index is 1.75. The van der Waals surface area contributed by atoms with E-state index >= 15 is 0 Å². The quantitative estimate of drug-likeness (QED) is 0.767. The van der Waals surface area contributed by atoms with Crippen LogP contribution in [0, 0.1) is 0 Å². The molecule has 1 aliphatic rings. The summed E-state index contributed by atoms with van der Waals surface area (Å²) in [6.07, 6.45) is 0. The predicted octanol–water partition coefficient (Wildman–Crippen LogP) is 0.592. The highest BCUT2D eigenvalue weighted by Crippen LogP contribution is 2.30. The molecule has 3 N–H and O–H groups in total. The van der Waals surface area contributed by atoms with E-state index in [-0.39, 0.29) is 29.8 Å². The zero-order valence-corrected chi connectivity index (χ0v) is 12.3. The van der Waals surface area contributed by atoms with Gasteiger partial charge in [0.2, 0.25) is 0 Å². The van der Waals surface area contributed by atoms with Crippen molar-refractivity contribution in [3.05, 3.63) is 51.9 Å². The molecule has 1 aromatic heterocycles. The Kier molecular flexibility index (Phi) is 3.80. The van der Waals surface area contributed by atoms with Gasteiger partial charge < -0.3 is 15.4 Å². The van der Waals surface area contributed by atoms with Crippen LogP contribution in [0.4, 0.5) is 5.69 Å². The molecule has 8 nitrogen and oxygen atoms in total. The van der Waals surface area contributed by atoms with Crippen molar-refractivity contribution >= 4 is 17.5 Å². The van der Waals surface area contributed by atoms with Crippen LogP contribution in [0.3, 0.4) is 0 Å². The molecule has 2 aromatic rings. The van der Waals surface area contributed by atoms with E-state index in [0.717, 1.165) is 5.56 Å². The lowest BCUT2D eigenvalue weighted by molar-refractivity contribution is -0.118. The van der Waals surface area contributed by atoms with Gasteiger partial charge in [-0.2, -0.15) is 5.10 Å². The molecule has 0 spiro atoms. The predicted molar refractivity (Wildman–Crippen MR) is 81.3 cm³/mol. The zero-order valence-electron chi connectivity index (χ0n) is 12.3. The van der Waals surface area contributed by atoms with Gasteiger partial charge >= 0.3 is 0 Å². The third kappa shape index (κ3) is 3.20. The Morgan fingerprint density at radius 1 is 1.30 bits per heavy atom. The number of anilines is 1. The molecular weight excluding hydrogens is 300 g/mol. The molecule has 8 heteroatoms. The van der Waals surface area contributed by atoms with E-state index in [2.05, 4.69) is 20.8 Å². The van der Waals surface area contributed by atoms with Crippen molar-refractivity contribution in [2.24, 2.45) is 0 Å². The van der Waals surface area contributed by atoms with Crippen LogP contribution >= 0.6 is 0 Å². The number of rotatable bonds is 3. The summed E-state index contributed by atoms with van der Waals surface area (Å²) in [5.74, 6) is -0.0373. The van der Waals surface area contributed by atoms with Gasteiger partial charge in [-0.3, -0.25) is 14.4 Å². The Hall–Kier alpha value is -3.16. The van der Waals surface area contributed by atoms with Crippen molar-refractivity contribution in [3.63, 3.8) is 0 Å². The molecule has 0 fully saturated rings. The molecule has 0 bridgehead atoms. The van der Waals surface area contributed by atoms with Crippen LogP contribution in [0.15, 0.2) is 35.1 Å². The van der Waals surface area contributed by atoms with Gasteiger partial charge in [0.15, 0.2) is 6.61 Å². The second-order valence-corrected chi connectivity index (χ2v) is 5.09. The monoisotopic (exact) mass is 314 g/mol. The van der Waals surface area contributed by atoms with Crippen LogP contribution in [0.1, 0.15) is 29.0 Å². The topological polar surface area (TPSA) is 113 Å². The minimum absolute atomic E-state index is 0.00346. The second-order valence-electron chi connectivity index (χ2n) is 5.09. The minimum atomic E-state index is -0.410. The number of aromatic nitrogens is 2. The molecule has 0 aliphatic carbocycles. The van der Waals surface area contributed by atoms with E-state index in [1.165, 1.54) is 12.1 Å². The number of amides is 2. The van der Waals surface area contributed by atoms with E-state index in [1.54, 1.807) is 19.1 Å². The molecule has 1 atom stereocenters. The molecule has 118 valence electrons. The highest BCUT2D eigenvalue weighted by Gasteiger charge is 2.18. The Morgan fingerprint density at radius 2 is 2.13 bits per heavy atom. The van der Waals surface area contributed by atoms with Crippen molar-refractivity contribution in [2.75, 3.05) is 11.9 Å². The van der Waals surface area contributed by atoms with Gasteiger partial charge in [-0.15, -0.1) is 0 Å². The first-order valence-electron chi connectivity index (χ1n) is 6.96. The van der Waals surface area contributed by atoms with Crippen LogP contribution in [-0.2, 0) is 4.79 Å². The molecule has 23 heavy (non-hydrogen) atoms. The Bertz CT molecular complexity index is 810. The third-order valence-corrected chi connectivity index (χ3v) is 3.40. The first-order valence-corrected chi connectivity index (χ1v) is 6.96. The SMILES string of the molecule is CC(NC(=O)c1ccc(=O)[nH]n1)c1ccc2c(c1)NC(=O)CO2. The van der Waals surface area contributed by atoms with E-state index in [1.807, 2.05) is 6.07 Å². The first-order chi connectivity index (χ1) is 11.0. The van der Waals surface area contributed by atoms with Crippen LogP contribution in [-0.4, -0.2) is 28.6 Å². The molecule has 2 amide bonds. The fraction of sp³-hybridized carbons (Fsp3) is 0.200. The number of nitrogens with one attached hydrogen (secondary N) is 3. The summed E-state index contributed by atoms with van der Waals surface area (Å²) in [6.45, 7) is 1.80. The molecule has 0 radical (unpaired) electrons. The highest BCUT2D eigenvalue weighted by atomic mass is 16.5. The average Bonchev–Trinajstić information content (AvgIpc) is 2.54. The number of H-pyrrole nitrogens is 1. The molecule has 1 aromatic carbocycles. The standard InChI is InChI=1S/C15H14N4O4/c1-8(16-15(22)10-3-5-13(20)19-18-10)9-2-4-12-11(6-9)17-14(21)7-23-12/h2-6,8H,7H2,1H3,(H,16,22)(H,17,21)(H,19,20). The summed E-state index contributed by atoms with van der Waals surface area (Å²) in [7, 11) is 0. The Morgan fingerprint density at radius 3 is 2.87 bits per heavy atom. The summed E-state index contributed by atoms with van der Waals surface area (Å²) >= 11 is 0. The number of carbonyl (C=O) groups excluding carboxylic acids is 2. The van der Waals surface area contributed by atoms with Gasteiger partial charge in [0.1, 0.15) is 11.4 Å². The van der Waals surface area contributed by atoms with Crippen LogP contribution in [0.5, 0.6) is 5.75 Å². The van der Waals surface area contributed by atoms with Gasteiger partial charge in [0, 0.05) is 6.07 Å². The molecule has 2 heterocycles. The lowest BCUT2D eigenvalue weighted by Crippen LogP contribution is -2.29. The Labute approximate surface area is 130 Å². The van der Waals surface area contributed by atoms with Crippen molar-refractivity contribution in [1.29, 1.82) is 0 Å². The maximum atomic E-state index is 12.1. The van der Waals surface area contributed by atoms with Gasteiger partial charge in [0.25, 0.3) is 17.4 Å². The van der Waals surface area contributed by atoms with Crippen molar-refractivity contribution in [2.45, 2.75) is 13.0 Å². The smallest absolute Gasteiger partial charge is 0.272 e. The van der Waals surface area contributed by atoms with Crippen molar-refractivity contribution in [3.8, 4) is 5.75 Å².